The predicted octanol–water partition coefficient (Wildman–Crippen LogP) is 1.67. The van der Waals surface area contributed by atoms with Crippen LogP contribution >= 0.6 is 0 Å². The van der Waals surface area contributed by atoms with Crippen molar-refractivity contribution in [1.82, 2.24) is 9.78 Å². The van der Waals surface area contributed by atoms with Gasteiger partial charge < -0.3 is 19.6 Å². The van der Waals surface area contributed by atoms with Crippen molar-refractivity contribution in [3.8, 4) is 0 Å². The van der Waals surface area contributed by atoms with Crippen LogP contribution in [0.4, 0.5) is 5.82 Å². The van der Waals surface area contributed by atoms with E-state index in [2.05, 4.69) is 5.10 Å². The zero-order chi connectivity index (χ0) is 13.8. The Balaban J connectivity index is 2.28. The van der Waals surface area contributed by atoms with Crippen molar-refractivity contribution >= 4 is 11.8 Å². The highest BCUT2D eigenvalue weighted by Gasteiger charge is 2.31. The summed E-state index contributed by atoms with van der Waals surface area (Å²) >= 11 is 0. The highest BCUT2D eigenvalue weighted by molar-refractivity contribution is 5.92. The second kappa shape index (κ2) is 5.79. The lowest BCUT2D eigenvalue weighted by Crippen LogP contribution is -2.18. The molecule has 0 radical (unpaired) electrons. The normalized spacial score (nSPS) is 19.1. The second-order valence-corrected chi connectivity index (χ2v) is 4.15. The zero-order valence-electron chi connectivity index (χ0n) is 10.6. The third kappa shape index (κ3) is 2.90. The Hall–Kier alpha value is -1.96. The van der Waals surface area contributed by atoms with Crippen molar-refractivity contribution in [3.05, 3.63) is 21.9 Å². The Morgan fingerprint density at radius 3 is 3.05 bits per heavy atom. The van der Waals surface area contributed by atoms with Crippen molar-refractivity contribution < 1.29 is 19.2 Å². The van der Waals surface area contributed by atoms with Crippen LogP contribution in [0.15, 0.2) is 6.20 Å². The third-order valence-electron chi connectivity index (χ3n) is 2.83. The molecule has 0 unspecified atom stereocenters. The van der Waals surface area contributed by atoms with E-state index in [4.69, 9.17) is 9.47 Å². The molecule has 1 aromatic heterocycles. The highest BCUT2D eigenvalue weighted by Crippen LogP contribution is 2.25. The van der Waals surface area contributed by atoms with Gasteiger partial charge >= 0.3 is 11.8 Å². The number of hydrogen-bond acceptors (Lipinski definition) is 6. The maximum absolute atomic E-state index is 11.6. The summed E-state index contributed by atoms with van der Waals surface area (Å²) in [7, 11) is 0. The summed E-state index contributed by atoms with van der Waals surface area (Å²) in [5, 5.41) is 14.7. The van der Waals surface area contributed by atoms with E-state index in [-0.39, 0.29) is 18.4 Å². The maximum Gasteiger partial charge on any atom is 0.404 e. The van der Waals surface area contributed by atoms with Crippen molar-refractivity contribution in [2.75, 3.05) is 13.2 Å². The predicted molar refractivity (Wildman–Crippen MR) is 63.7 cm³/mol. The molecule has 0 saturated carbocycles. The Morgan fingerprint density at radius 2 is 2.47 bits per heavy atom. The van der Waals surface area contributed by atoms with E-state index in [0.717, 1.165) is 19.3 Å². The summed E-state index contributed by atoms with van der Waals surface area (Å²) in [5.74, 6) is -1.23. The number of rotatable bonds is 4. The molecular weight excluding hydrogens is 254 g/mol. The molecule has 1 atom stereocenters. The van der Waals surface area contributed by atoms with Crippen LogP contribution in [-0.2, 0) is 9.47 Å². The van der Waals surface area contributed by atoms with Gasteiger partial charge in [0.1, 0.15) is 0 Å². The number of nitro groups is 1. The number of carbonyl (C=O) groups is 1. The molecule has 2 rings (SSSR count). The Morgan fingerprint density at radius 1 is 1.68 bits per heavy atom. The van der Waals surface area contributed by atoms with E-state index in [9.17, 15) is 14.9 Å². The van der Waals surface area contributed by atoms with E-state index < -0.39 is 16.7 Å². The smallest absolute Gasteiger partial charge is 0.404 e. The van der Waals surface area contributed by atoms with Gasteiger partial charge in [0.25, 0.3) is 0 Å². The Bertz CT molecular complexity index is 479. The fourth-order valence-corrected chi connectivity index (χ4v) is 1.95. The molecule has 19 heavy (non-hydrogen) atoms. The third-order valence-corrected chi connectivity index (χ3v) is 2.83. The molecule has 0 amide bonds. The van der Waals surface area contributed by atoms with Crippen molar-refractivity contribution in [1.29, 1.82) is 0 Å². The lowest BCUT2D eigenvalue weighted by molar-refractivity contribution is -0.390. The molecule has 0 aliphatic carbocycles. The number of carbonyl (C=O) groups excluding carboxylic acids is 1. The number of nitrogens with zero attached hydrogens (tertiary/aromatic N) is 3. The lowest BCUT2D eigenvalue weighted by Gasteiger charge is -2.20. The topological polar surface area (TPSA) is 96.5 Å². The van der Waals surface area contributed by atoms with E-state index in [1.807, 2.05) is 0 Å². The summed E-state index contributed by atoms with van der Waals surface area (Å²) in [6.07, 6.45) is 3.63. The first-order valence-electron chi connectivity index (χ1n) is 6.15. The minimum Gasteiger partial charge on any atom is -0.462 e. The largest absolute Gasteiger partial charge is 0.462 e. The van der Waals surface area contributed by atoms with Gasteiger partial charge in [-0.1, -0.05) is 0 Å². The van der Waals surface area contributed by atoms with Crippen LogP contribution in [0.5, 0.6) is 0 Å². The first-order valence-corrected chi connectivity index (χ1v) is 6.15. The fourth-order valence-electron chi connectivity index (χ4n) is 1.95. The van der Waals surface area contributed by atoms with Gasteiger partial charge in [0, 0.05) is 6.61 Å². The SMILES string of the molecule is CCOC(=O)c1cn([C@@H]2CCCCO2)nc1[N+](=O)[O-]. The maximum atomic E-state index is 11.6. The zero-order valence-corrected chi connectivity index (χ0v) is 10.6. The van der Waals surface area contributed by atoms with Gasteiger partial charge in [0.05, 0.1) is 17.9 Å². The Kier molecular flexibility index (Phi) is 4.10. The summed E-state index contributed by atoms with van der Waals surface area (Å²) in [4.78, 5) is 21.9. The molecule has 1 saturated heterocycles. The monoisotopic (exact) mass is 269 g/mol. The molecule has 0 N–H and O–H groups in total. The molecule has 8 nitrogen and oxygen atoms in total. The van der Waals surface area contributed by atoms with Gasteiger partial charge in [-0.15, -0.1) is 0 Å². The lowest BCUT2D eigenvalue weighted by atomic mass is 10.2. The van der Waals surface area contributed by atoms with Crippen LogP contribution < -0.4 is 0 Å². The molecule has 0 spiro atoms. The highest BCUT2D eigenvalue weighted by atomic mass is 16.6. The molecular formula is C11H15N3O5. The first kappa shape index (κ1) is 13.5. The minimum atomic E-state index is -0.740. The van der Waals surface area contributed by atoms with Gasteiger partial charge in [0.15, 0.2) is 11.8 Å². The number of aromatic nitrogens is 2. The minimum absolute atomic E-state index is 0.138. The van der Waals surface area contributed by atoms with Crippen LogP contribution in [0.25, 0.3) is 0 Å². The number of esters is 1. The molecule has 1 aliphatic rings. The average molecular weight is 269 g/mol. The summed E-state index contributed by atoms with van der Waals surface area (Å²) in [5.41, 5.74) is -0.138. The second-order valence-electron chi connectivity index (χ2n) is 4.15. The molecule has 0 bridgehead atoms. The van der Waals surface area contributed by atoms with E-state index in [1.165, 1.54) is 10.9 Å². The van der Waals surface area contributed by atoms with Gasteiger partial charge in [-0.05, 0) is 31.1 Å². The summed E-state index contributed by atoms with van der Waals surface area (Å²) in [6.45, 7) is 2.38. The standard InChI is InChI=1S/C11H15N3O5/c1-2-18-11(15)8-7-13(12-10(8)14(16)17)9-5-3-4-6-19-9/h7,9H,2-6H2,1H3/t9-/m0/s1. The summed E-state index contributed by atoms with van der Waals surface area (Å²) in [6, 6.07) is 0. The van der Waals surface area contributed by atoms with Crippen LogP contribution in [-0.4, -0.2) is 33.9 Å². The van der Waals surface area contributed by atoms with E-state index in [0.29, 0.717) is 6.61 Å². The first-order chi connectivity index (χ1) is 9.13. The van der Waals surface area contributed by atoms with Crippen LogP contribution in [0.1, 0.15) is 42.8 Å². The Labute approximate surface area is 109 Å². The number of ether oxygens (including phenoxy) is 2. The van der Waals surface area contributed by atoms with Crippen LogP contribution in [0, 0.1) is 10.1 Å². The van der Waals surface area contributed by atoms with Crippen molar-refractivity contribution in [2.45, 2.75) is 32.4 Å². The van der Waals surface area contributed by atoms with E-state index in [1.54, 1.807) is 6.92 Å². The van der Waals surface area contributed by atoms with Gasteiger partial charge in [0.2, 0.25) is 0 Å². The van der Waals surface area contributed by atoms with Crippen molar-refractivity contribution in [2.24, 2.45) is 0 Å². The van der Waals surface area contributed by atoms with Gasteiger partial charge in [-0.25, -0.2) is 4.79 Å². The van der Waals surface area contributed by atoms with Crippen LogP contribution in [0.3, 0.4) is 0 Å². The van der Waals surface area contributed by atoms with E-state index >= 15 is 0 Å². The molecule has 104 valence electrons. The molecule has 1 aliphatic heterocycles. The molecule has 0 aromatic carbocycles. The number of hydrogen-bond donors (Lipinski definition) is 0. The van der Waals surface area contributed by atoms with Crippen molar-refractivity contribution in [3.63, 3.8) is 0 Å². The summed E-state index contributed by atoms with van der Waals surface area (Å²) < 4.78 is 11.6. The molecule has 1 fully saturated rings. The molecule has 8 heteroatoms. The average Bonchev–Trinajstić information content (AvgIpc) is 2.85. The molecule has 1 aromatic rings. The molecule has 2 heterocycles. The van der Waals surface area contributed by atoms with Crippen LogP contribution in [0.2, 0.25) is 0 Å². The fraction of sp³-hybridized carbons (Fsp3) is 0.636. The quantitative estimate of drug-likeness (QED) is 0.468. The van der Waals surface area contributed by atoms with Gasteiger partial charge in [-0.3, -0.25) is 0 Å². The van der Waals surface area contributed by atoms with Gasteiger partial charge in [-0.2, -0.15) is 4.68 Å².